The lowest BCUT2D eigenvalue weighted by Crippen LogP contribution is -2.21. The Balaban J connectivity index is 1.61. The quantitative estimate of drug-likeness (QED) is 0.776. The third kappa shape index (κ3) is 2.67. The van der Waals surface area contributed by atoms with Crippen LogP contribution >= 0.6 is 11.3 Å². The van der Waals surface area contributed by atoms with E-state index in [1.807, 2.05) is 28.8 Å². The molecule has 3 heterocycles. The molecular formula is C14H16N4S. The van der Waals surface area contributed by atoms with Gasteiger partial charge in [-0.25, -0.2) is 0 Å². The monoisotopic (exact) mass is 272 g/mol. The lowest BCUT2D eigenvalue weighted by molar-refractivity contribution is 0.576. The molecule has 3 aromatic rings. The summed E-state index contributed by atoms with van der Waals surface area (Å²) in [6.07, 6.45) is 2.88. The SMILES string of the molecule is CC(NCCc1nnc2ccccn12)c1cccs1. The van der Waals surface area contributed by atoms with E-state index in [4.69, 9.17) is 0 Å². The van der Waals surface area contributed by atoms with Gasteiger partial charge in [0.1, 0.15) is 5.82 Å². The third-order valence-corrected chi connectivity index (χ3v) is 4.21. The van der Waals surface area contributed by atoms with E-state index in [9.17, 15) is 0 Å². The minimum Gasteiger partial charge on any atom is -0.309 e. The van der Waals surface area contributed by atoms with Crippen molar-refractivity contribution in [2.75, 3.05) is 6.54 Å². The van der Waals surface area contributed by atoms with Crippen LogP contribution in [0.2, 0.25) is 0 Å². The van der Waals surface area contributed by atoms with E-state index >= 15 is 0 Å². The van der Waals surface area contributed by atoms with Gasteiger partial charge < -0.3 is 5.32 Å². The topological polar surface area (TPSA) is 42.2 Å². The van der Waals surface area contributed by atoms with Crippen LogP contribution in [0.15, 0.2) is 41.9 Å². The summed E-state index contributed by atoms with van der Waals surface area (Å²) in [4.78, 5) is 1.37. The van der Waals surface area contributed by atoms with Crippen molar-refractivity contribution in [3.8, 4) is 0 Å². The Morgan fingerprint density at radius 1 is 1.26 bits per heavy atom. The molecule has 3 rings (SSSR count). The third-order valence-electron chi connectivity index (χ3n) is 3.15. The van der Waals surface area contributed by atoms with Gasteiger partial charge in [0.25, 0.3) is 0 Å². The maximum atomic E-state index is 4.23. The van der Waals surface area contributed by atoms with Crippen LogP contribution in [-0.2, 0) is 6.42 Å². The summed E-state index contributed by atoms with van der Waals surface area (Å²) in [6, 6.07) is 10.6. The Bertz CT molecular complexity index is 644. The molecule has 5 heteroatoms. The Kier molecular flexibility index (Phi) is 3.57. The first-order chi connectivity index (χ1) is 9.34. The number of nitrogens with one attached hydrogen (secondary N) is 1. The molecule has 1 atom stereocenters. The van der Waals surface area contributed by atoms with Gasteiger partial charge in [-0.05, 0) is 30.5 Å². The van der Waals surface area contributed by atoms with Gasteiger partial charge in [-0.2, -0.15) is 0 Å². The number of rotatable bonds is 5. The standard InChI is InChI=1S/C14H16N4S/c1-11(12-5-4-10-19-12)15-8-7-14-17-16-13-6-2-3-9-18(13)14/h2-6,9-11,15H,7-8H2,1H3. The van der Waals surface area contributed by atoms with Crippen LogP contribution in [0.5, 0.6) is 0 Å². The molecule has 0 saturated heterocycles. The molecule has 0 bridgehead atoms. The van der Waals surface area contributed by atoms with E-state index in [0.717, 1.165) is 24.4 Å². The summed E-state index contributed by atoms with van der Waals surface area (Å²) in [7, 11) is 0. The van der Waals surface area contributed by atoms with Crippen LogP contribution in [0.4, 0.5) is 0 Å². The lowest BCUT2D eigenvalue weighted by Gasteiger charge is -2.11. The summed E-state index contributed by atoms with van der Waals surface area (Å²) in [5, 5.41) is 14.0. The van der Waals surface area contributed by atoms with Crippen LogP contribution in [-0.4, -0.2) is 21.1 Å². The highest BCUT2D eigenvalue weighted by Gasteiger charge is 2.07. The van der Waals surface area contributed by atoms with Gasteiger partial charge in [0, 0.05) is 30.1 Å². The van der Waals surface area contributed by atoms with Crippen LogP contribution in [0.3, 0.4) is 0 Å². The second-order valence-electron chi connectivity index (χ2n) is 4.49. The van der Waals surface area contributed by atoms with Gasteiger partial charge in [0.05, 0.1) is 0 Å². The molecule has 1 unspecified atom stereocenters. The van der Waals surface area contributed by atoms with Crippen molar-refractivity contribution in [1.82, 2.24) is 19.9 Å². The molecule has 0 fully saturated rings. The predicted molar refractivity (Wildman–Crippen MR) is 77.4 cm³/mol. The minimum atomic E-state index is 0.388. The Morgan fingerprint density at radius 3 is 3.05 bits per heavy atom. The molecule has 0 aliphatic heterocycles. The summed E-state index contributed by atoms with van der Waals surface area (Å²) >= 11 is 1.79. The van der Waals surface area contributed by atoms with E-state index in [1.54, 1.807) is 11.3 Å². The molecule has 4 nitrogen and oxygen atoms in total. The Morgan fingerprint density at radius 2 is 2.21 bits per heavy atom. The van der Waals surface area contributed by atoms with Crippen molar-refractivity contribution in [3.63, 3.8) is 0 Å². The average Bonchev–Trinajstić information content (AvgIpc) is 3.08. The van der Waals surface area contributed by atoms with Gasteiger partial charge in [-0.3, -0.25) is 4.40 Å². The normalized spacial score (nSPS) is 12.9. The number of thiophene rings is 1. The number of fused-ring (bicyclic) bond motifs is 1. The van der Waals surface area contributed by atoms with E-state index in [1.165, 1.54) is 4.88 Å². The van der Waals surface area contributed by atoms with Crippen LogP contribution < -0.4 is 5.32 Å². The first kappa shape index (κ1) is 12.3. The molecule has 0 amide bonds. The maximum Gasteiger partial charge on any atom is 0.160 e. The summed E-state index contributed by atoms with van der Waals surface area (Å²) in [5.74, 6) is 1.00. The van der Waals surface area contributed by atoms with Crippen molar-refractivity contribution in [2.45, 2.75) is 19.4 Å². The van der Waals surface area contributed by atoms with Crippen molar-refractivity contribution >= 4 is 17.0 Å². The highest BCUT2D eigenvalue weighted by molar-refractivity contribution is 7.10. The van der Waals surface area contributed by atoms with E-state index < -0.39 is 0 Å². The first-order valence-electron chi connectivity index (χ1n) is 6.40. The predicted octanol–water partition coefficient (Wildman–Crippen LogP) is 2.68. The van der Waals surface area contributed by atoms with Gasteiger partial charge in [-0.1, -0.05) is 12.1 Å². The number of nitrogens with zero attached hydrogens (tertiary/aromatic N) is 3. The Hall–Kier alpha value is -1.72. The maximum absolute atomic E-state index is 4.23. The second kappa shape index (κ2) is 5.50. The van der Waals surface area contributed by atoms with Gasteiger partial charge in [-0.15, -0.1) is 21.5 Å². The molecule has 1 N–H and O–H groups in total. The highest BCUT2D eigenvalue weighted by Crippen LogP contribution is 2.17. The van der Waals surface area contributed by atoms with Crippen molar-refractivity contribution < 1.29 is 0 Å². The van der Waals surface area contributed by atoms with E-state index in [0.29, 0.717) is 6.04 Å². The molecule has 0 saturated carbocycles. The van der Waals surface area contributed by atoms with Crippen LogP contribution in [0.1, 0.15) is 23.7 Å². The van der Waals surface area contributed by atoms with E-state index in [-0.39, 0.29) is 0 Å². The van der Waals surface area contributed by atoms with Crippen molar-refractivity contribution in [3.05, 3.63) is 52.6 Å². The zero-order valence-electron chi connectivity index (χ0n) is 10.8. The summed E-state index contributed by atoms with van der Waals surface area (Å²) < 4.78 is 2.04. The van der Waals surface area contributed by atoms with Gasteiger partial charge >= 0.3 is 0 Å². The fourth-order valence-electron chi connectivity index (χ4n) is 2.10. The number of pyridine rings is 1. The second-order valence-corrected chi connectivity index (χ2v) is 5.47. The molecule has 19 heavy (non-hydrogen) atoms. The molecule has 0 spiro atoms. The van der Waals surface area contributed by atoms with Crippen molar-refractivity contribution in [2.24, 2.45) is 0 Å². The number of aromatic nitrogens is 3. The Labute approximate surface area is 116 Å². The molecule has 98 valence electrons. The van der Waals surface area contributed by atoms with Crippen LogP contribution in [0, 0.1) is 0 Å². The minimum absolute atomic E-state index is 0.388. The number of hydrogen-bond acceptors (Lipinski definition) is 4. The zero-order valence-corrected chi connectivity index (χ0v) is 11.6. The lowest BCUT2D eigenvalue weighted by atomic mass is 10.2. The smallest absolute Gasteiger partial charge is 0.160 e. The van der Waals surface area contributed by atoms with Gasteiger partial charge in [0.2, 0.25) is 0 Å². The molecule has 3 aromatic heterocycles. The van der Waals surface area contributed by atoms with Gasteiger partial charge in [0.15, 0.2) is 5.65 Å². The molecule has 0 aliphatic rings. The molecule has 0 aliphatic carbocycles. The number of hydrogen-bond donors (Lipinski definition) is 1. The van der Waals surface area contributed by atoms with Crippen molar-refractivity contribution in [1.29, 1.82) is 0 Å². The largest absolute Gasteiger partial charge is 0.309 e. The zero-order chi connectivity index (χ0) is 13.1. The van der Waals surface area contributed by atoms with Crippen LogP contribution in [0.25, 0.3) is 5.65 Å². The molecule has 0 radical (unpaired) electrons. The summed E-state index contributed by atoms with van der Waals surface area (Å²) in [6.45, 7) is 3.09. The average molecular weight is 272 g/mol. The fraction of sp³-hybridized carbons (Fsp3) is 0.286. The van der Waals surface area contributed by atoms with E-state index in [2.05, 4.69) is 40.0 Å². The fourth-order valence-corrected chi connectivity index (χ4v) is 2.86. The summed E-state index contributed by atoms with van der Waals surface area (Å²) in [5.41, 5.74) is 0.906. The highest BCUT2D eigenvalue weighted by atomic mass is 32.1. The first-order valence-corrected chi connectivity index (χ1v) is 7.28. The molecule has 0 aromatic carbocycles. The molecular weight excluding hydrogens is 256 g/mol.